The molecule has 0 N–H and O–H groups in total. The predicted molar refractivity (Wildman–Crippen MR) is 142 cm³/mol. The first-order chi connectivity index (χ1) is 16.7. The second-order valence-electron chi connectivity index (χ2n) is 14.1. The van der Waals surface area contributed by atoms with Gasteiger partial charge in [0, 0.05) is 12.5 Å². The van der Waals surface area contributed by atoms with Crippen molar-refractivity contribution >= 4 is 5.78 Å². The Hall–Kier alpha value is -0.670. The molecule has 35 heavy (non-hydrogen) atoms. The van der Waals surface area contributed by atoms with Gasteiger partial charge in [0.15, 0.2) is 12.1 Å². The molecular weight excluding hydrogens is 432 g/mol. The maximum atomic E-state index is 13.8. The van der Waals surface area contributed by atoms with E-state index in [-0.39, 0.29) is 23.7 Å². The number of allylic oxidation sites excluding steroid dienone is 1. The van der Waals surface area contributed by atoms with E-state index in [0.29, 0.717) is 23.0 Å². The molecule has 0 unspecified atom stereocenters. The highest BCUT2D eigenvalue weighted by Crippen LogP contribution is 2.66. The number of ketones is 1. The molecular formula is C32H52O3. The van der Waals surface area contributed by atoms with E-state index >= 15 is 0 Å². The van der Waals surface area contributed by atoms with Crippen LogP contribution in [0.15, 0.2) is 11.6 Å². The number of ether oxygens (including phenoxy) is 2. The Bertz CT molecular complexity index is 795. The zero-order chi connectivity index (χ0) is 24.8. The first-order valence-electron chi connectivity index (χ1n) is 15.2. The first-order valence-corrected chi connectivity index (χ1v) is 15.2. The summed E-state index contributed by atoms with van der Waals surface area (Å²) in [7, 11) is 0. The van der Waals surface area contributed by atoms with Crippen LogP contribution in [0.2, 0.25) is 0 Å². The summed E-state index contributed by atoms with van der Waals surface area (Å²) in [5, 5.41) is 0. The van der Waals surface area contributed by atoms with Gasteiger partial charge in [0.1, 0.15) is 0 Å². The summed E-state index contributed by atoms with van der Waals surface area (Å²) >= 11 is 0. The van der Waals surface area contributed by atoms with Crippen LogP contribution in [-0.4, -0.2) is 24.8 Å². The van der Waals surface area contributed by atoms with Crippen LogP contribution in [0.3, 0.4) is 0 Å². The van der Waals surface area contributed by atoms with Gasteiger partial charge >= 0.3 is 0 Å². The molecule has 9 atom stereocenters. The Kier molecular flexibility index (Phi) is 7.59. The van der Waals surface area contributed by atoms with E-state index in [1.165, 1.54) is 63.4 Å². The van der Waals surface area contributed by atoms with Crippen LogP contribution >= 0.6 is 0 Å². The molecule has 1 aliphatic heterocycles. The van der Waals surface area contributed by atoms with E-state index in [1.807, 2.05) is 0 Å². The van der Waals surface area contributed by atoms with Crippen LogP contribution in [-0.2, 0) is 14.3 Å². The standard InChI is InChI=1S/C32H52O3/c1-21(2)9-8-10-22(3)25-12-13-26-30-27(15-17-32(25,26)5)31(4)16-14-24(19-23(31)20-28(30)33)35-29-11-6-7-18-34-29/h20-22,24-27,29-30H,6-19H2,1-5H3/t22-,24+,25+,26-,27-,29+,30-,31+,32-/m1/s1. The Morgan fingerprint density at radius 2 is 1.83 bits per heavy atom. The van der Waals surface area contributed by atoms with E-state index in [9.17, 15) is 4.79 Å². The van der Waals surface area contributed by atoms with Crippen molar-refractivity contribution < 1.29 is 14.3 Å². The lowest BCUT2D eigenvalue weighted by molar-refractivity contribution is -0.195. The number of fused-ring (bicyclic) bond motifs is 5. The van der Waals surface area contributed by atoms with Gasteiger partial charge in [0.05, 0.1) is 6.10 Å². The molecule has 0 aromatic carbocycles. The molecule has 0 amide bonds. The lowest BCUT2D eigenvalue weighted by Crippen LogP contribution is -2.54. The van der Waals surface area contributed by atoms with E-state index in [0.717, 1.165) is 50.0 Å². The fourth-order valence-corrected chi connectivity index (χ4v) is 9.54. The molecule has 0 aromatic heterocycles. The molecule has 0 aromatic rings. The average molecular weight is 485 g/mol. The predicted octanol–water partition coefficient (Wildman–Crippen LogP) is 8.12. The van der Waals surface area contributed by atoms with Crippen LogP contribution in [0.4, 0.5) is 0 Å². The molecule has 0 bridgehead atoms. The van der Waals surface area contributed by atoms with Crippen molar-refractivity contribution in [2.75, 3.05) is 6.61 Å². The zero-order valence-corrected chi connectivity index (χ0v) is 23.3. The summed E-state index contributed by atoms with van der Waals surface area (Å²) in [5.41, 5.74) is 1.94. The van der Waals surface area contributed by atoms with Gasteiger partial charge in [-0.25, -0.2) is 0 Å². The maximum Gasteiger partial charge on any atom is 0.159 e. The van der Waals surface area contributed by atoms with Gasteiger partial charge < -0.3 is 9.47 Å². The van der Waals surface area contributed by atoms with Crippen molar-refractivity contribution in [1.82, 2.24) is 0 Å². The Balaban J connectivity index is 1.29. The smallest absolute Gasteiger partial charge is 0.159 e. The van der Waals surface area contributed by atoms with E-state index < -0.39 is 0 Å². The molecule has 5 rings (SSSR count). The third-order valence-electron chi connectivity index (χ3n) is 11.6. The number of hydrogen-bond acceptors (Lipinski definition) is 3. The Labute approximate surface area is 215 Å². The van der Waals surface area contributed by atoms with Crippen molar-refractivity contribution in [2.45, 2.75) is 130 Å². The molecule has 3 saturated carbocycles. The second-order valence-corrected chi connectivity index (χ2v) is 14.1. The third kappa shape index (κ3) is 4.83. The highest BCUT2D eigenvalue weighted by molar-refractivity contribution is 5.94. The molecule has 3 heteroatoms. The molecule has 0 spiro atoms. The summed E-state index contributed by atoms with van der Waals surface area (Å²) in [6, 6.07) is 0. The average Bonchev–Trinajstić information content (AvgIpc) is 3.17. The van der Waals surface area contributed by atoms with Crippen LogP contribution in [0, 0.1) is 46.3 Å². The van der Waals surface area contributed by atoms with Gasteiger partial charge in [-0.15, -0.1) is 0 Å². The minimum absolute atomic E-state index is 0.0286. The topological polar surface area (TPSA) is 35.5 Å². The van der Waals surface area contributed by atoms with Gasteiger partial charge in [0.2, 0.25) is 0 Å². The van der Waals surface area contributed by atoms with Crippen molar-refractivity contribution in [3.63, 3.8) is 0 Å². The normalized spacial score (nSPS) is 44.4. The molecule has 5 aliphatic rings. The van der Waals surface area contributed by atoms with Gasteiger partial charge in [0.25, 0.3) is 0 Å². The molecule has 0 radical (unpaired) electrons. The molecule has 4 aliphatic carbocycles. The van der Waals surface area contributed by atoms with E-state index in [4.69, 9.17) is 9.47 Å². The number of carbonyl (C=O) groups is 1. The van der Waals surface area contributed by atoms with Crippen LogP contribution < -0.4 is 0 Å². The van der Waals surface area contributed by atoms with Crippen molar-refractivity contribution in [3.8, 4) is 0 Å². The van der Waals surface area contributed by atoms with Crippen LogP contribution in [0.1, 0.15) is 118 Å². The Morgan fingerprint density at radius 1 is 1.00 bits per heavy atom. The molecule has 4 fully saturated rings. The fourth-order valence-electron chi connectivity index (χ4n) is 9.54. The van der Waals surface area contributed by atoms with Gasteiger partial charge in [-0.05, 0) is 111 Å². The zero-order valence-electron chi connectivity index (χ0n) is 23.3. The quantitative estimate of drug-likeness (QED) is 0.366. The summed E-state index contributed by atoms with van der Waals surface area (Å²) in [5.74, 6) is 4.24. The summed E-state index contributed by atoms with van der Waals surface area (Å²) in [6.45, 7) is 13.1. The third-order valence-corrected chi connectivity index (χ3v) is 11.6. The summed E-state index contributed by atoms with van der Waals surface area (Å²) < 4.78 is 12.3. The minimum Gasteiger partial charge on any atom is -0.353 e. The largest absolute Gasteiger partial charge is 0.353 e. The molecule has 1 heterocycles. The lowest BCUT2D eigenvalue weighted by atomic mass is 9.46. The minimum atomic E-state index is -0.0286. The summed E-state index contributed by atoms with van der Waals surface area (Å²) in [6.07, 6.45) is 18.2. The molecule has 198 valence electrons. The van der Waals surface area contributed by atoms with E-state index in [1.54, 1.807) is 0 Å². The lowest BCUT2D eigenvalue weighted by Gasteiger charge is -2.57. The molecule has 3 nitrogen and oxygen atoms in total. The number of rotatable bonds is 7. The SMILES string of the molecule is CC(C)CCC[C@@H](C)[C@@H]1CC[C@@H]2[C@H]3C(=O)C=C4C[C@@H](O[C@H]5CCCCO5)CC[C@]4(C)[C@@H]3CC[C@@]21C. The van der Waals surface area contributed by atoms with Crippen LogP contribution in [0.5, 0.6) is 0 Å². The summed E-state index contributed by atoms with van der Waals surface area (Å²) in [4.78, 5) is 13.8. The highest BCUT2D eigenvalue weighted by Gasteiger charge is 2.61. The maximum absolute atomic E-state index is 13.8. The monoisotopic (exact) mass is 484 g/mol. The highest BCUT2D eigenvalue weighted by atomic mass is 16.7. The van der Waals surface area contributed by atoms with Gasteiger partial charge in [-0.1, -0.05) is 59.5 Å². The number of carbonyl (C=O) groups excluding carboxylic acids is 1. The fraction of sp³-hybridized carbons (Fsp3) is 0.906. The van der Waals surface area contributed by atoms with E-state index in [2.05, 4.69) is 40.7 Å². The van der Waals surface area contributed by atoms with Crippen molar-refractivity contribution in [3.05, 3.63) is 11.6 Å². The van der Waals surface area contributed by atoms with Gasteiger partial charge in [-0.3, -0.25) is 4.79 Å². The van der Waals surface area contributed by atoms with Crippen LogP contribution in [0.25, 0.3) is 0 Å². The number of hydrogen-bond donors (Lipinski definition) is 0. The first kappa shape index (κ1) is 26.0. The Morgan fingerprint density at radius 3 is 2.57 bits per heavy atom. The van der Waals surface area contributed by atoms with Gasteiger partial charge in [-0.2, -0.15) is 0 Å². The molecule has 1 saturated heterocycles. The van der Waals surface area contributed by atoms with Crippen molar-refractivity contribution in [2.24, 2.45) is 46.3 Å². The second kappa shape index (κ2) is 10.2. The van der Waals surface area contributed by atoms with Crippen molar-refractivity contribution in [1.29, 1.82) is 0 Å².